The molecule has 0 radical (unpaired) electrons. The number of carbonyl (C=O) groups is 1. The van der Waals surface area contributed by atoms with Crippen LogP contribution in [0.25, 0.3) is 22.4 Å². The molecule has 1 aliphatic rings. The highest BCUT2D eigenvalue weighted by molar-refractivity contribution is 6.05. The molecule has 0 bridgehead atoms. The van der Waals surface area contributed by atoms with E-state index in [1.807, 2.05) is 55.5 Å². The second-order valence-corrected chi connectivity index (χ2v) is 7.81. The number of carbonyl (C=O) groups excluding carboxylic acids is 1. The predicted molar refractivity (Wildman–Crippen MR) is 117 cm³/mol. The number of anilines is 1. The number of fused-ring (bicyclic) bond motifs is 2. The lowest BCUT2D eigenvalue weighted by Gasteiger charge is -2.18. The summed E-state index contributed by atoms with van der Waals surface area (Å²) >= 11 is 0. The van der Waals surface area contributed by atoms with Crippen molar-refractivity contribution in [3.63, 3.8) is 0 Å². The molecule has 5 rings (SSSR count). The number of aryl methyl sites for hydroxylation is 1. The smallest absolute Gasteiger partial charge is 0.295 e. The van der Waals surface area contributed by atoms with Crippen LogP contribution >= 0.6 is 0 Å². The van der Waals surface area contributed by atoms with Gasteiger partial charge in [-0.3, -0.25) is 4.79 Å². The molecule has 1 amide bonds. The second-order valence-electron chi connectivity index (χ2n) is 7.81. The number of aromatic nitrogens is 4. The van der Waals surface area contributed by atoms with Gasteiger partial charge in [0.1, 0.15) is 17.5 Å². The average molecular weight is 433 g/mol. The zero-order valence-corrected chi connectivity index (χ0v) is 17.7. The lowest BCUT2D eigenvalue weighted by Crippen LogP contribution is -2.27. The summed E-state index contributed by atoms with van der Waals surface area (Å²) in [6, 6.07) is 15.5. The van der Waals surface area contributed by atoms with E-state index in [0.717, 1.165) is 22.4 Å². The first-order chi connectivity index (χ1) is 15.5. The van der Waals surface area contributed by atoms with Crippen LogP contribution in [0.5, 0.6) is 0 Å². The first-order valence-corrected chi connectivity index (χ1v) is 10.5. The third-order valence-corrected chi connectivity index (χ3v) is 5.95. The number of nitrogens with zero attached hydrogens (tertiary/aromatic N) is 5. The molecule has 0 spiro atoms. The van der Waals surface area contributed by atoms with Crippen LogP contribution < -0.4 is 4.90 Å². The van der Waals surface area contributed by atoms with Crippen molar-refractivity contribution in [1.29, 1.82) is 0 Å². The number of imidazole rings is 1. The fraction of sp³-hybridized carbons (Fsp3) is 0.250. The van der Waals surface area contributed by atoms with Gasteiger partial charge in [-0.15, -0.1) is 0 Å². The van der Waals surface area contributed by atoms with Gasteiger partial charge in [0.15, 0.2) is 11.5 Å². The molecule has 3 heterocycles. The number of hydrogen-bond donors (Lipinski definition) is 0. The van der Waals surface area contributed by atoms with Gasteiger partial charge in [-0.2, -0.15) is 0 Å². The van der Waals surface area contributed by atoms with Crippen molar-refractivity contribution in [3.05, 3.63) is 71.8 Å². The fourth-order valence-electron chi connectivity index (χ4n) is 4.35. The van der Waals surface area contributed by atoms with Gasteiger partial charge in [0.25, 0.3) is 6.43 Å². The van der Waals surface area contributed by atoms with Crippen molar-refractivity contribution in [2.75, 3.05) is 4.90 Å². The molecule has 0 saturated heterocycles. The predicted octanol–water partition coefficient (Wildman–Crippen LogP) is 5.10. The van der Waals surface area contributed by atoms with Gasteiger partial charge < -0.3 is 9.47 Å². The van der Waals surface area contributed by atoms with E-state index in [-0.39, 0.29) is 17.6 Å². The van der Waals surface area contributed by atoms with Crippen LogP contribution in [0.1, 0.15) is 43.1 Å². The minimum absolute atomic E-state index is 0.0316. The molecule has 2 aromatic heterocycles. The molecule has 1 aliphatic heterocycles. The Hall–Kier alpha value is -3.68. The molecule has 0 saturated carbocycles. The Morgan fingerprint density at radius 1 is 1.09 bits per heavy atom. The zero-order chi connectivity index (χ0) is 22.4. The topological polar surface area (TPSA) is 63.9 Å². The Labute approximate surface area is 183 Å². The highest BCUT2D eigenvalue weighted by Crippen LogP contribution is 2.41. The van der Waals surface area contributed by atoms with E-state index < -0.39 is 6.43 Å². The minimum Gasteiger partial charge on any atom is -0.308 e. The van der Waals surface area contributed by atoms with E-state index in [1.165, 1.54) is 10.9 Å². The maximum absolute atomic E-state index is 13.5. The van der Waals surface area contributed by atoms with Crippen LogP contribution in [0.4, 0.5) is 14.5 Å². The normalized spacial score (nSPS) is 15.7. The third kappa shape index (κ3) is 3.14. The SMILES string of the molecule is CCn1c(C(F)F)nc2c(-c3ccc4c(c3)[C@H](C)C(=O)N4Cc3ccccc3)ncnc21. The Bertz CT molecular complexity index is 1320. The van der Waals surface area contributed by atoms with Crippen molar-refractivity contribution in [2.45, 2.75) is 39.3 Å². The highest BCUT2D eigenvalue weighted by Gasteiger charge is 2.34. The third-order valence-electron chi connectivity index (χ3n) is 5.95. The fourth-order valence-corrected chi connectivity index (χ4v) is 4.35. The van der Waals surface area contributed by atoms with Crippen LogP contribution in [0.2, 0.25) is 0 Å². The first-order valence-electron chi connectivity index (χ1n) is 10.5. The maximum Gasteiger partial charge on any atom is 0.295 e. The summed E-state index contributed by atoms with van der Waals surface area (Å²) < 4.78 is 28.4. The lowest BCUT2D eigenvalue weighted by atomic mass is 9.99. The summed E-state index contributed by atoms with van der Waals surface area (Å²) in [5, 5.41) is 0. The van der Waals surface area contributed by atoms with E-state index in [4.69, 9.17) is 0 Å². The van der Waals surface area contributed by atoms with Crippen LogP contribution in [-0.4, -0.2) is 25.4 Å². The molecule has 1 atom stereocenters. The van der Waals surface area contributed by atoms with Crippen molar-refractivity contribution in [1.82, 2.24) is 19.5 Å². The van der Waals surface area contributed by atoms with Gasteiger partial charge in [0, 0.05) is 17.8 Å². The Balaban J connectivity index is 1.59. The number of hydrogen-bond acceptors (Lipinski definition) is 4. The Morgan fingerprint density at radius 2 is 1.88 bits per heavy atom. The van der Waals surface area contributed by atoms with Crippen LogP contribution in [0.3, 0.4) is 0 Å². The molecular weight excluding hydrogens is 412 g/mol. The number of alkyl halides is 2. The molecule has 162 valence electrons. The number of benzene rings is 2. The number of rotatable bonds is 5. The molecule has 0 aliphatic carbocycles. The van der Waals surface area contributed by atoms with Gasteiger partial charge >= 0.3 is 0 Å². The van der Waals surface area contributed by atoms with Crippen molar-refractivity contribution >= 4 is 22.8 Å². The Morgan fingerprint density at radius 3 is 2.59 bits per heavy atom. The molecular formula is C24H21F2N5O. The Kier molecular flexibility index (Phi) is 4.92. The van der Waals surface area contributed by atoms with E-state index >= 15 is 0 Å². The van der Waals surface area contributed by atoms with Gasteiger partial charge in [-0.25, -0.2) is 23.7 Å². The standard InChI is InChI=1S/C24H21F2N5O/c1-3-30-22-20(29-23(30)21(25)26)19(27-13-28-22)16-9-10-18-17(11-16)14(2)24(32)31(18)12-15-7-5-4-6-8-15/h4-11,13-14,21H,3,12H2,1-2H3/t14-/m0/s1. The quantitative estimate of drug-likeness (QED) is 0.439. The molecule has 0 unspecified atom stereocenters. The van der Waals surface area contributed by atoms with Gasteiger partial charge in [0.05, 0.1) is 12.5 Å². The number of amides is 1. The maximum atomic E-state index is 13.5. The van der Waals surface area contributed by atoms with Crippen molar-refractivity contribution < 1.29 is 13.6 Å². The van der Waals surface area contributed by atoms with Gasteiger partial charge in [0.2, 0.25) is 5.91 Å². The van der Waals surface area contributed by atoms with Crippen LogP contribution in [0, 0.1) is 0 Å². The summed E-state index contributed by atoms with van der Waals surface area (Å²) in [5.41, 5.74) is 4.71. The second kappa shape index (κ2) is 7.78. The molecule has 2 aromatic carbocycles. The average Bonchev–Trinajstić information content (AvgIpc) is 3.31. The van der Waals surface area contributed by atoms with E-state index in [2.05, 4.69) is 15.0 Å². The largest absolute Gasteiger partial charge is 0.308 e. The van der Waals surface area contributed by atoms with E-state index in [0.29, 0.717) is 29.9 Å². The summed E-state index contributed by atoms with van der Waals surface area (Å²) in [4.78, 5) is 27.5. The monoisotopic (exact) mass is 433 g/mol. The zero-order valence-electron chi connectivity index (χ0n) is 17.7. The summed E-state index contributed by atoms with van der Waals surface area (Å²) in [5.74, 6) is -0.595. The highest BCUT2D eigenvalue weighted by atomic mass is 19.3. The molecule has 32 heavy (non-hydrogen) atoms. The van der Waals surface area contributed by atoms with Gasteiger partial charge in [-0.1, -0.05) is 36.4 Å². The first kappa shape index (κ1) is 20.2. The van der Waals surface area contributed by atoms with E-state index in [9.17, 15) is 13.6 Å². The molecule has 4 aromatic rings. The van der Waals surface area contributed by atoms with Crippen molar-refractivity contribution in [3.8, 4) is 11.3 Å². The number of halogens is 2. The van der Waals surface area contributed by atoms with E-state index in [1.54, 1.807) is 11.8 Å². The lowest BCUT2D eigenvalue weighted by molar-refractivity contribution is -0.119. The molecule has 0 fully saturated rings. The molecule has 8 heteroatoms. The molecule has 0 N–H and O–H groups in total. The summed E-state index contributed by atoms with van der Waals surface area (Å²) in [7, 11) is 0. The van der Waals surface area contributed by atoms with Crippen LogP contribution in [0.15, 0.2) is 54.9 Å². The van der Waals surface area contributed by atoms with Crippen LogP contribution in [-0.2, 0) is 17.9 Å². The summed E-state index contributed by atoms with van der Waals surface area (Å²) in [6.07, 6.45) is -1.34. The van der Waals surface area contributed by atoms with Gasteiger partial charge in [-0.05, 0) is 37.1 Å². The van der Waals surface area contributed by atoms with Crippen molar-refractivity contribution in [2.24, 2.45) is 0 Å². The molecule has 6 nitrogen and oxygen atoms in total. The summed E-state index contributed by atoms with van der Waals surface area (Å²) in [6.45, 7) is 4.48. The minimum atomic E-state index is -2.71.